The van der Waals surface area contributed by atoms with Crippen LogP contribution in [0.2, 0.25) is 0 Å². The van der Waals surface area contributed by atoms with Gasteiger partial charge in [0.05, 0.1) is 22.5 Å². The molecule has 5 nitrogen and oxygen atoms in total. The smallest absolute Gasteiger partial charge is 0.196 e. The molecule has 0 bridgehead atoms. The van der Waals surface area contributed by atoms with Crippen LogP contribution in [-0.4, -0.2) is 20.9 Å². The van der Waals surface area contributed by atoms with Crippen LogP contribution in [0.15, 0.2) is 41.1 Å². The molecule has 0 fully saturated rings. The zero-order valence-electron chi connectivity index (χ0n) is 11.6. The minimum Gasteiger partial charge on any atom is -0.376 e. The minimum atomic E-state index is -0.0980. The number of nitrogens with zero attached hydrogens (tertiary/aromatic N) is 2. The predicted molar refractivity (Wildman–Crippen MR) is 96.5 cm³/mol. The molecule has 3 N–H and O–H groups in total. The van der Waals surface area contributed by atoms with Gasteiger partial charge in [-0.05, 0) is 34.2 Å². The molecule has 4 rings (SSSR count). The van der Waals surface area contributed by atoms with E-state index in [-0.39, 0.29) is 10.9 Å². The lowest BCUT2D eigenvalue weighted by Crippen LogP contribution is -2.22. The third-order valence-electron chi connectivity index (χ3n) is 3.78. The molecule has 1 aromatic heterocycles. The maximum absolute atomic E-state index is 13.0. The molecule has 112 valence electrons. The van der Waals surface area contributed by atoms with E-state index in [1.54, 1.807) is 12.1 Å². The van der Waals surface area contributed by atoms with E-state index in [9.17, 15) is 4.79 Å². The summed E-state index contributed by atoms with van der Waals surface area (Å²) in [5.74, 6) is -0.0980. The van der Waals surface area contributed by atoms with Gasteiger partial charge in [-0.1, -0.05) is 24.3 Å². The third kappa shape index (κ3) is 2.04. The Balaban J connectivity index is 2.20. The van der Waals surface area contributed by atoms with Crippen molar-refractivity contribution in [2.24, 2.45) is 5.73 Å². The first-order valence-corrected chi connectivity index (χ1v) is 7.96. The first-order chi connectivity index (χ1) is 11.1. The highest BCUT2D eigenvalue weighted by Crippen LogP contribution is 2.42. The predicted octanol–water partition coefficient (Wildman–Crippen LogP) is 3.26. The van der Waals surface area contributed by atoms with Gasteiger partial charge < -0.3 is 11.1 Å². The molecule has 0 unspecified atom stereocenters. The maximum atomic E-state index is 13.0. The molecule has 23 heavy (non-hydrogen) atoms. The van der Waals surface area contributed by atoms with Crippen molar-refractivity contribution >= 4 is 55.6 Å². The Morgan fingerprint density at radius 1 is 1.22 bits per heavy atom. The number of hydrogen-bond donors (Lipinski definition) is 2. The van der Waals surface area contributed by atoms with Gasteiger partial charge in [0.1, 0.15) is 6.33 Å². The van der Waals surface area contributed by atoms with Crippen LogP contribution in [-0.2, 0) is 0 Å². The molecule has 2 aromatic carbocycles. The summed E-state index contributed by atoms with van der Waals surface area (Å²) in [7, 11) is 0. The Kier molecular flexibility index (Phi) is 3.14. The molecule has 0 amide bonds. The summed E-state index contributed by atoms with van der Waals surface area (Å²) in [5.41, 5.74) is 9.46. The molecule has 0 aliphatic heterocycles. The summed E-state index contributed by atoms with van der Waals surface area (Å²) in [6.45, 7) is 0. The summed E-state index contributed by atoms with van der Waals surface area (Å²) in [4.78, 5) is 21.7. The summed E-state index contributed by atoms with van der Waals surface area (Å²) >= 11 is 8.42. The van der Waals surface area contributed by atoms with Gasteiger partial charge in [0.25, 0.3) is 0 Å². The van der Waals surface area contributed by atoms with E-state index in [1.807, 2.05) is 18.2 Å². The van der Waals surface area contributed by atoms with Crippen molar-refractivity contribution in [1.82, 2.24) is 9.97 Å². The molecule has 3 aromatic rings. The fourth-order valence-electron chi connectivity index (χ4n) is 2.90. The van der Waals surface area contributed by atoms with E-state index in [1.165, 1.54) is 6.33 Å². The van der Waals surface area contributed by atoms with Gasteiger partial charge in [-0.25, -0.2) is 9.97 Å². The summed E-state index contributed by atoms with van der Waals surface area (Å²) < 4.78 is 0.742. The molecule has 0 spiro atoms. The maximum Gasteiger partial charge on any atom is 0.196 e. The fourth-order valence-corrected chi connectivity index (χ4v) is 3.54. The summed E-state index contributed by atoms with van der Waals surface area (Å²) in [5, 5.41) is 3.68. The van der Waals surface area contributed by atoms with Crippen LogP contribution in [0.5, 0.6) is 0 Å². The zero-order valence-corrected chi connectivity index (χ0v) is 14.0. The van der Waals surface area contributed by atoms with Gasteiger partial charge in [0.15, 0.2) is 10.9 Å². The largest absolute Gasteiger partial charge is 0.376 e. The molecule has 1 aliphatic carbocycles. The second-order valence-corrected chi connectivity index (χ2v) is 6.38. The first-order valence-electron chi connectivity index (χ1n) is 6.75. The molecule has 0 atom stereocenters. The Bertz CT molecular complexity index is 1020. The number of thiocarbonyl (C=S) groups is 1. The number of nitrogens with two attached hydrogens (primary N) is 1. The molecule has 7 heteroatoms. The molecule has 0 saturated heterocycles. The lowest BCUT2D eigenvalue weighted by molar-refractivity contribution is 0.104. The van der Waals surface area contributed by atoms with E-state index in [4.69, 9.17) is 18.0 Å². The Morgan fingerprint density at radius 2 is 1.96 bits per heavy atom. The number of hydrogen-bond acceptors (Lipinski definition) is 4. The number of nitrogens with one attached hydrogen (secondary N) is 1. The van der Waals surface area contributed by atoms with Gasteiger partial charge in [-0.3, -0.25) is 4.79 Å². The van der Waals surface area contributed by atoms with Gasteiger partial charge in [0, 0.05) is 21.0 Å². The number of anilines is 1. The highest BCUT2D eigenvalue weighted by atomic mass is 79.9. The standard InChI is InChI=1S/C16H9BrN4OS/c17-9-5-10(21-16(18)23)11-12-13(19-6-20-14(9)12)7-3-1-2-4-8(7)15(11)22/h1-6H,(H3,18,21,23). The molecule has 1 heterocycles. The molecular formula is C16H9BrN4OS. The number of halogens is 1. The number of aromatic nitrogens is 2. The summed E-state index contributed by atoms with van der Waals surface area (Å²) in [6, 6.07) is 9.16. The second-order valence-electron chi connectivity index (χ2n) is 5.09. The number of rotatable bonds is 1. The molecule has 0 saturated carbocycles. The van der Waals surface area contributed by atoms with Crippen molar-refractivity contribution in [2.75, 3.05) is 5.32 Å². The van der Waals surface area contributed by atoms with Crippen LogP contribution in [0.25, 0.3) is 22.2 Å². The highest BCUT2D eigenvalue weighted by molar-refractivity contribution is 9.10. The van der Waals surface area contributed by atoms with Crippen LogP contribution in [0.4, 0.5) is 5.69 Å². The molecule has 1 aliphatic rings. The van der Waals surface area contributed by atoms with E-state index in [0.717, 1.165) is 15.7 Å². The Hall–Kier alpha value is -2.38. The van der Waals surface area contributed by atoms with Crippen molar-refractivity contribution in [3.8, 4) is 11.3 Å². The van der Waals surface area contributed by atoms with Crippen molar-refractivity contribution in [3.63, 3.8) is 0 Å². The second kappa shape index (κ2) is 5.07. The number of ketones is 1. The van der Waals surface area contributed by atoms with Crippen LogP contribution in [0.3, 0.4) is 0 Å². The normalized spacial score (nSPS) is 12.1. The van der Waals surface area contributed by atoms with Crippen molar-refractivity contribution in [1.29, 1.82) is 0 Å². The van der Waals surface area contributed by atoms with E-state index < -0.39 is 0 Å². The highest BCUT2D eigenvalue weighted by Gasteiger charge is 2.30. The van der Waals surface area contributed by atoms with Gasteiger partial charge >= 0.3 is 0 Å². The summed E-state index contributed by atoms with van der Waals surface area (Å²) in [6.07, 6.45) is 1.50. The minimum absolute atomic E-state index is 0.0950. The van der Waals surface area contributed by atoms with Gasteiger partial charge in [0.2, 0.25) is 0 Å². The number of benzene rings is 2. The van der Waals surface area contributed by atoms with Crippen molar-refractivity contribution in [2.45, 2.75) is 0 Å². The van der Waals surface area contributed by atoms with E-state index in [2.05, 4.69) is 31.2 Å². The fraction of sp³-hybridized carbons (Fsp3) is 0. The third-order valence-corrected chi connectivity index (χ3v) is 4.48. The van der Waals surface area contributed by atoms with Gasteiger partial charge in [-0.15, -0.1) is 0 Å². The lowest BCUT2D eigenvalue weighted by Gasteiger charge is -2.21. The molecular weight excluding hydrogens is 376 g/mol. The lowest BCUT2D eigenvalue weighted by atomic mass is 9.86. The SMILES string of the molecule is NC(=S)Nc1cc(Br)c2ncnc3c2c1C(=O)c1ccccc1-3. The first kappa shape index (κ1) is 14.2. The Morgan fingerprint density at radius 3 is 2.70 bits per heavy atom. The quantitative estimate of drug-likeness (QED) is 0.490. The average molecular weight is 385 g/mol. The van der Waals surface area contributed by atoms with Crippen molar-refractivity contribution in [3.05, 3.63) is 52.3 Å². The topological polar surface area (TPSA) is 80.9 Å². The van der Waals surface area contributed by atoms with Crippen LogP contribution >= 0.6 is 28.1 Å². The van der Waals surface area contributed by atoms with Crippen LogP contribution in [0, 0.1) is 0 Å². The Labute approximate surface area is 145 Å². The van der Waals surface area contributed by atoms with E-state index >= 15 is 0 Å². The zero-order chi connectivity index (χ0) is 16.1. The number of carbonyl (C=O) groups excluding carboxylic acids is 1. The average Bonchev–Trinajstić information content (AvgIpc) is 2.53. The van der Waals surface area contributed by atoms with E-state index in [0.29, 0.717) is 27.7 Å². The van der Waals surface area contributed by atoms with Crippen molar-refractivity contribution < 1.29 is 4.79 Å². The monoisotopic (exact) mass is 384 g/mol. The van der Waals surface area contributed by atoms with Gasteiger partial charge in [-0.2, -0.15) is 0 Å². The van der Waals surface area contributed by atoms with Crippen LogP contribution < -0.4 is 11.1 Å². The van der Waals surface area contributed by atoms with Crippen LogP contribution in [0.1, 0.15) is 15.9 Å². The molecule has 0 radical (unpaired) electrons. The number of fused-ring (bicyclic) bond motifs is 2. The number of carbonyl (C=O) groups is 1.